The summed E-state index contributed by atoms with van der Waals surface area (Å²) < 4.78 is 5.07. The topological polar surface area (TPSA) is 102 Å². The Labute approximate surface area is 101 Å². The van der Waals surface area contributed by atoms with E-state index in [2.05, 4.69) is 34.1 Å². The van der Waals surface area contributed by atoms with Crippen LogP contribution in [0.2, 0.25) is 0 Å². The van der Waals surface area contributed by atoms with Crippen molar-refractivity contribution in [1.82, 2.24) is 9.97 Å². The number of ether oxygens (including phenoxy) is 1. The predicted molar refractivity (Wildman–Crippen MR) is 68.6 cm³/mol. The second-order valence-electron chi connectivity index (χ2n) is 3.89. The fraction of sp³-hybridized carbons (Fsp3) is 0.600. The van der Waals surface area contributed by atoms with Crippen molar-refractivity contribution in [3.8, 4) is 0 Å². The molecule has 0 unspecified atom stereocenters. The summed E-state index contributed by atoms with van der Waals surface area (Å²) in [5.74, 6) is 6.75. The molecule has 0 aliphatic heterocycles. The number of nitrogens with two attached hydrogens (primary N) is 2. The van der Waals surface area contributed by atoms with E-state index in [1.54, 1.807) is 13.2 Å². The number of nitrogens with zero attached hydrogens (tertiary/aromatic N) is 3. The number of nitrogen functional groups attached to an aromatic ring is 2. The smallest absolute Gasteiger partial charge is 0.223 e. The highest BCUT2D eigenvalue weighted by Gasteiger charge is 2.13. The van der Waals surface area contributed by atoms with Gasteiger partial charge in [0.1, 0.15) is 11.6 Å². The zero-order chi connectivity index (χ0) is 12.8. The molecule has 0 radical (unpaired) electrons. The molecule has 0 atom stereocenters. The minimum atomic E-state index is 0.193. The molecule has 0 saturated heterocycles. The Morgan fingerprint density at radius 1 is 1.47 bits per heavy atom. The normalized spacial score (nSPS) is 10.6. The van der Waals surface area contributed by atoms with Crippen molar-refractivity contribution in [3.05, 3.63) is 6.07 Å². The number of hydrogen-bond acceptors (Lipinski definition) is 7. The fourth-order valence-electron chi connectivity index (χ4n) is 1.50. The van der Waals surface area contributed by atoms with E-state index in [0.717, 1.165) is 12.4 Å². The number of anilines is 3. The molecule has 1 aromatic rings. The van der Waals surface area contributed by atoms with Crippen LogP contribution in [0.1, 0.15) is 13.8 Å². The van der Waals surface area contributed by atoms with Gasteiger partial charge < -0.3 is 20.8 Å². The monoisotopic (exact) mass is 240 g/mol. The molecule has 1 aromatic heterocycles. The van der Waals surface area contributed by atoms with Crippen LogP contribution in [-0.2, 0) is 4.74 Å². The van der Waals surface area contributed by atoms with E-state index in [9.17, 15) is 0 Å². The first-order valence-corrected chi connectivity index (χ1v) is 5.45. The third kappa shape index (κ3) is 3.72. The minimum Gasteiger partial charge on any atom is -0.383 e. The van der Waals surface area contributed by atoms with Gasteiger partial charge in [-0.05, 0) is 13.8 Å². The van der Waals surface area contributed by atoms with Crippen LogP contribution in [0.3, 0.4) is 0 Å². The molecule has 96 valence electrons. The zero-order valence-corrected chi connectivity index (χ0v) is 10.5. The average molecular weight is 240 g/mol. The van der Waals surface area contributed by atoms with Gasteiger partial charge in [0.2, 0.25) is 5.95 Å². The van der Waals surface area contributed by atoms with Crippen LogP contribution >= 0.6 is 0 Å². The van der Waals surface area contributed by atoms with Gasteiger partial charge >= 0.3 is 0 Å². The van der Waals surface area contributed by atoms with Gasteiger partial charge in [-0.3, -0.25) is 0 Å². The van der Waals surface area contributed by atoms with Crippen molar-refractivity contribution >= 4 is 17.6 Å². The molecular formula is C10H20N6O. The lowest BCUT2D eigenvalue weighted by atomic mass is 10.3. The Morgan fingerprint density at radius 2 is 2.18 bits per heavy atom. The molecule has 7 heteroatoms. The Bertz CT molecular complexity index is 357. The summed E-state index contributed by atoms with van der Waals surface area (Å²) in [5, 5.41) is 0. The van der Waals surface area contributed by atoms with Crippen molar-refractivity contribution < 1.29 is 4.74 Å². The third-order valence-electron chi connectivity index (χ3n) is 2.33. The van der Waals surface area contributed by atoms with E-state index in [0.29, 0.717) is 12.4 Å². The number of hydrogen-bond donors (Lipinski definition) is 3. The summed E-state index contributed by atoms with van der Waals surface area (Å²) in [4.78, 5) is 10.2. The molecule has 7 nitrogen and oxygen atoms in total. The number of rotatable bonds is 6. The third-order valence-corrected chi connectivity index (χ3v) is 2.33. The standard InChI is InChI=1S/C10H20N6O/c1-7(2)16(4-5-17-3)9-6-8(15-12)13-10(11)14-9/h6-7H,4-5,12H2,1-3H3,(H3,11,13,14,15). The molecule has 0 aliphatic carbocycles. The Kier molecular flexibility index (Phi) is 4.92. The Hall–Kier alpha value is -1.60. The van der Waals surface area contributed by atoms with Crippen LogP contribution in [0.4, 0.5) is 17.6 Å². The molecule has 0 spiro atoms. The Morgan fingerprint density at radius 3 is 2.71 bits per heavy atom. The van der Waals surface area contributed by atoms with Crippen LogP contribution in [0.15, 0.2) is 6.07 Å². The maximum atomic E-state index is 5.63. The highest BCUT2D eigenvalue weighted by Crippen LogP contribution is 2.18. The highest BCUT2D eigenvalue weighted by molar-refractivity contribution is 5.52. The molecule has 0 aliphatic rings. The summed E-state index contributed by atoms with van der Waals surface area (Å²) in [6, 6.07) is 2.04. The SMILES string of the molecule is COCCN(c1cc(NN)nc(N)n1)C(C)C. The molecule has 1 heterocycles. The first-order chi connectivity index (χ1) is 8.08. The lowest BCUT2D eigenvalue weighted by Gasteiger charge is -2.27. The van der Waals surface area contributed by atoms with Gasteiger partial charge in [0.25, 0.3) is 0 Å². The lowest BCUT2D eigenvalue weighted by molar-refractivity contribution is 0.203. The number of methoxy groups -OCH3 is 1. The Balaban J connectivity index is 2.96. The van der Waals surface area contributed by atoms with E-state index in [1.807, 2.05) is 0 Å². The molecule has 5 N–H and O–H groups in total. The second-order valence-corrected chi connectivity index (χ2v) is 3.89. The summed E-state index contributed by atoms with van der Waals surface area (Å²) >= 11 is 0. The van der Waals surface area contributed by atoms with Crippen molar-refractivity contribution in [2.45, 2.75) is 19.9 Å². The highest BCUT2D eigenvalue weighted by atomic mass is 16.5. The first-order valence-electron chi connectivity index (χ1n) is 5.45. The molecule has 0 amide bonds. The molecule has 1 rings (SSSR count). The minimum absolute atomic E-state index is 0.193. The van der Waals surface area contributed by atoms with Gasteiger partial charge in [0.05, 0.1) is 6.61 Å². The van der Waals surface area contributed by atoms with E-state index in [-0.39, 0.29) is 12.0 Å². The largest absolute Gasteiger partial charge is 0.383 e. The van der Waals surface area contributed by atoms with Crippen LogP contribution in [0.25, 0.3) is 0 Å². The van der Waals surface area contributed by atoms with E-state index < -0.39 is 0 Å². The van der Waals surface area contributed by atoms with E-state index in [1.165, 1.54) is 0 Å². The summed E-state index contributed by atoms with van der Waals surface area (Å²) in [5.41, 5.74) is 8.09. The summed E-state index contributed by atoms with van der Waals surface area (Å²) in [6.45, 7) is 5.50. The van der Waals surface area contributed by atoms with Crippen molar-refractivity contribution in [2.75, 3.05) is 36.3 Å². The summed E-state index contributed by atoms with van der Waals surface area (Å²) in [7, 11) is 1.67. The number of hydrazine groups is 1. The van der Waals surface area contributed by atoms with E-state index >= 15 is 0 Å². The molecule has 0 fully saturated rings. The van der Waals surface area contributed by atoms with Gasteiger partial charge in [0, 0.05) is 25.8 Å². The second kappa shape index (κ2) is 6.21. The lowest BCUT2D eigenvalue weighted by Crippen LogP contribution is -2.34. The fourth-order valence-corrected chi connectivity index (χ4v) is 1.50. The average Bonchev–Trinajstić information content (AvgIpc) is 2.28. The van der Waals surface area contributed by atoms with Crippen molar-refractivity contribution in [2.24, 2.45) is 5.84 Å². The van der Waals surface area contributed by atoms with Gasteiger partial charge in [0.15, 0.2) is 0 Å². The van der Waals surface area contributed by atoms with Crippen LogP contribution in [0.5, 0.6) is 0 Å². The number of nitrogens with one attached hydrogen (secondary N) is 1. The molecule has 0 aromatic carbocycles. The van der Waals surface area contributed by atoms with Crippen LogP contribution in [0, 0.1) is 0 Å². The predicted octanol–water partition coefficient (Wildman–Crippen LogP) is 0.206. The zero-order valence-electron chi connectivity index (χ0n) is 10.5. The van der Waals surface area contributed by atoms with Crippen molar-refractivity contribution in [1.29, 1.82) is 0 Å². The van der Waals surface area contributed by atoms with Gasteiger partial charge in [-0.15, -0.1) is 0 Å². The maximum absolute atomic E-state index is 5.63. The summed E-state index contributed by atoms with van der Waals surface area (Å²) in [6.07, 6.45) is 0. The van der Waals surface area contributed by atoms with Gasteiger partial charge in [-0.25, -0.2) is 5.84 Å². The van der Waals surface area contributed by atoms with E-state index in [4.69, 9.17) is 16.3 Å². The van der Waals surface area contributed by atoms with Crippen molar-refractivity contribution in [3.63, 3.8) is 0 Å². The van der Waals surface area contributed by atoms with Gasteiger partial charge in [-0.1, -0.05) is 0 Å². The maximum Gasteiger partial charge on any atom is 0.223 e. The molecule has 17 heavy (non-hydrogen) atoms. The molecule has 0 saturated carbocycles. The molecular weight excluding hydrogens is 220 g/mol. The quantitative estimate of drug-likeness (QED) is 0.482. The number of aromatic nitrogens is 2. The van der Waals surface area contributed by atoms with Crippen LogP contribution < -0.4 is 21.9 Å². The van der Waals surface area contributed by atoms with Crippen LogP contribution in [-0.4, -0.2) is 36.3 Å². The van der Waals surface area contributed by atoms with Gasteiger partial charge in [-0.2, -0.15) is 9.97 Å². The molecule has 0 bridgehead atoms. The first kappa shape index (κ1) is 13.5.